The Morgan fingerprint density at radius 2 is 1.20 bits per heavy atom. The molecule has 0 aromatic heterocycles. The van der Waals surface area contributed by atoms with Crippen molar-refractivity contribution in [2.75, 3.05) is 42.1 Å². The molecule has 0 saturated heterocycles. The minimum Gasteiger partial charge on any atom is -0.497 e. The molecule has 0 spiro atoms. The van der Waals surface area contributed by atoms with Crippen molar-refractivity contribution < 1.29 is 33.3 Å². The van der Waals surface area contributed by atoms with Crippen molar-refractivity contribution in [3.63, 3.8) is 0 Å². The quantitative estimate of drug-likeness (QED) is 0.192. The minimum absolute atomic E-state index is 0.0543. The molecule has 0 aliphatic rings. The summed E-state index contributed by atoms with van der Waals surface area (Å²) >= 11 is 0. The molecule has 4 rings (SSSR count). The van der Waals surface area contributed by atoms with E-state index < -0.39 is 6.04 Å². The van der Waals surface area contributed by atoms with E-state index in [9.17, 15) is 9.59 Å². The summed E-state index contributed by atoms with van der Waals surface area (Å²) in [7, 11) is 7.90. The molecule has 0 saturated carbocycles. The molecule has 4 aromatic rings. The minimum atomic E-state index is -0.883. The van der Waals surface area contributed by atoms with E-state index >= 15 is 0 Å². The van der Waals surface area contributed by atoms with Crippen molar-refractivity contribution in [3.05, 3.63) is 113 Å². The van der Waals surface area contributed by atoms with Gasteiger partial charge in [-0.2, -0.15) is 0 Å². The van der Waals surface area contributed by atoms with Crippen LogP contribution in [0.25, 0.3) is 0 Å². The van der Waals surface area contributed by atoms with Crippen molar-refractivity contribution in [3.8, 4) is 28.7 Å². The van der Waals surface area contributed by atoms with E-state index in [0.717, 1.165) is 16.7 Å². The van der Waals surface area contributed by atoms with Crippen LogP contribution in [0.4, 0.5) is 0 Å². The number of rotatable bonds is 15. The number of hydrogen-bond donors (Lipinski definition) is 1. The third kappa shape index (κ3) is 8.47. The molecule has 0 aliphatic heterocycles. The largest absolute Gasteiger partial charge is 0.497 e. The summed E-state index contributed by atoms with van der Waals surface area (Å²) in [4.78, 5) is 29.8. The van der Waals surface area contributed by atoms with Gasteiger partial charge in [-0.25, -0.2) is 0 Å². The Bertz CT molecular complexity index is 1560. The van der Waals surface area contributed by atoms with Gasteiger partial charge in [0.25, 0.3) is 0 Å². The van der Waals surface area contributed by atoms with Crippen molar-refractivity contribution in [2.45, 2.75) is 25.4 Å². The fourth-order valence-electron chi connectivity index (χ4n) is 5.09. The molecule has 1 atom stereocenters. The van der Waals surface area contributed by atoms with Gasteiger partial charge >= 0.3 is 0 Å². The topological polar surface area (TPSA) is 95.6 Å². The van der Waals surface area contributed by atoms with Crippen LogP contribution in [0.1, 0.15) is 28.3 Å². The van der Waals surface area contributed by atoms with Gasteiger partial charge in [-0.3, -0.25) is 9.59 Å². The number of nitrogens with zero attached hydrogens (tertiary/aromatic N) is 1. The van der Waals surface area contributed by atoms with Crippen molar-refractivity contribution in [1.29, 1.82) is 0 Å². The van der Waals surface area contributed by atoms with Gasteiger partial charge in [-0.05, 0) is 65.1 Å². The summed E-state index contributed by atoms with van der Waals surface area (Å²) in [6, 6.07) is 27.0. The van der Waals surface area contributed by atoms with E-state index in [2.05, 4.69) is 5.32 Å². The number of benzene rings is 4. The van der Waals surface area contributed by atoms with Crippen LogP contribution in [0.5, 0.6) is 28.7 Å². The van der Waals surface area contributed by atoms with E-state index in [4.69, 9.17) is 23.7 Å². The second-order valence-electron chi connectivity index (χ2n) is 10.3. The standard InChI is InChI=1S/C36H40N2O7/c1-41-29-15-11-26(12-16-29)24-38(34(39)23-27-14-18-31(43-3)33(22-27)45-5)35(28-9-7-6-8-10-28)36(40)37-20-19-25-13-17-30(42-2)32(21-25)44-4/h6-18,21-22,35H,19-20,23-24H2,1-5H3,(H,37,40). The number of nitrogens with one attached hydrogen (secondary N) is 1. The third-order valence-corrected chi connectivity index (χ3v) is 7.47. The van der Waals surface area contributed by atoms with Gasteiger partial charge in [0, 0.05) is 13.1 Å². The molecule has 2 amide bonds. The zero-order valence-electron chi connectivity index (χ0n) is 26.4. The average molecular weight is 613 g/mol. The number of ether oxygens (including phenoxy) is 5. The third-order valence-electron chi connectivity index (χ3n) is 7.47. The SMILES string of the molecule is COc1ccc(CN(C(=O)Cc2ccc(OC)c(OC)c2)C(C(=O)NCCc2ccc(OC)c(OC)c2)c2ccccc2)cc1. The van der Waals surface area contributed by atoms with Gasteiger partial charge in [0.1, 0.15) is 11.8 Å². The van der Waals surface area contributed by atoms with Gasteiger partial charge in [-0.15, -0.1) is 0 Å². The molecular weight excluding hydrogens is 572 g/mol. The number of amides is 2. The zero-order chi connectivity index (χ0) is 32.2. The second kappa shape index (κ2) is 16.0. The van der Waals surface area contributed by atoms with Gasteiger partial charge in [0.05, 0.1) is 42.0 Å². The van der Waals surface area contributed by atoms with Crippen molar-refractivity contribution in [2.24, 2.45) is 0 Å². The van der Waals surface area contributed by atoms with Crippen LogP contribution < -0.4 is 29.0 Å². The Morgan fingerprint density at radius 1 is 0.644 bits per heavy atom. The molecule has 1 N–H and O–H groups in total. The van der Waals surface area contributed by atoms with E-state index in [1.165, 1.54) is 0 Å². The summed E-state index contributed by atoms with van der Waals surface area (Å²) in [6.45, 7) is 0.566. The lowest BCUT2D eigenvalue weighted by atomic mass is 10.0. The van der Waals surface area contributed by atoms with Crippen LogP contribution in [0.15, 0.2) is 91.0 Å². The molecule has 45 heavy (non-hydrogen) atoms. The highest BCUT2D eigenvalue weighted by atomic mass is 16.5. The number of hydrogen-bond acceptors (Lipinski definition) is 7. The van der Waals surface area contributed by atoms with Crippen LogP contribution >= 0.6 is 0 Å². The molecule has 0 heterocycles. The van der Waals surface area contributed by atoms with Gasteiger partial charge in [0.2, 0.25) is 11.8 Å². The highest BCUT2D eigenvalue weighted by Crippen LogP contribution is 2.30. The molecule has 0 bridgehead atoms. The number of methoxy groups -OCH3 is 5. The maximum absolute atomic E-state index is 14.2. The first kappa shape index (κ1) is 32.7. The van der Waals surface area contributed by atoms with Crippen molar-refractivity contribution in [1.82, 2.24) is 10.2 Å². The molecule has 9 nitrogen and oxygen atoms in total. The summed E-state index contributed by atoms with van der Waals surface area (Å²) in [5.74, 6) is 2.55. The summed E-state index contributed by atoms with van der Waals surface area (Å²) in [5, 5.41) is 3.07. The molecule has 4 aromatic carbocycles. The van der Waals surface area contributed by atoms with Crippen LogP contribution in [0.3, 0.4) is 0 Å². The highest BCUT2D eigenvalue weighted by Gasteiger charge is 2.31. The number of carbonyl (C=O) groups is 2. The molecule has 1 unspecified atom stereocenters. The lowest BCUT2D eigenvalue weighted by Crippen LogP contribution is -2.44. The molecular formula is C36H40N2O7. The van der Waals surface area contributed by atoms with Crippen LogP contribution in [0.2, 0.25) is 0 Å². The monoisotopic (exact) mass is 612 g/mol. The van der Waals surface area contributed by atoms with Gasteiger partial charge in [0.15, 0.2) is 23.0 Å². The Morgan fingerprint density at radius 3 is 1.78 bits per heavy atom. The number of carbonyl (C=O) groups excluding carboxylic acids is 2. The van der Waals surface area contributed by atoms with Crippen LogP contribution in [0, 0.1) is 0 Å². The van der Waals surface area contributed by atoms with E-state index in [0.29, 0.717) is 47.3 Å². The maximum Gasteiger partial charge on any atom is 0.247 e. The normalized spacial score (nSPS) is 11.2. The Kier molecular flexibility index (Phi) is 11.7. The fraction of sp³-hybridized carbons (Fsp3) is 0.278. The van der Waals surface area contributed by atoms with E-state index in [1.54, 1.807) is 52.6 Å². The Balaban J connectivity index is 1.63. The predicted octanol–water partition coefficient (Wildman–Crippen LogP) is 5.40. The van der Waals surface area contributed by atoms with E-state index in [-0.39, 0.29) is 24.8 Å². The first-order chi connectivity index (χ1) is 21.9. The van der Waals surface area contributed by atoms with Crippen molar-refractivity contribution >= 4 is 11.8 Å². The van der Waals surface area contributed by atoms with Crippen LogP contribution in [-0.2, 0) is 29.0 Å². The van der Waals surface area contributed by atoms with E-state index in [1.807, 2.05) is 78.9 Å². The first-order valence-electron chi connectivity index (χ1n) is 14.6. The van der Waals surface area contributed by atoms with Gasteiger partial charge in [-0.1, -0.05) is 54.6 Å². The average Bonchev–Trinajstić information content (AvgIpc) is 3.08. The molecule has 0 radical (unpaired) electrons. The van der Waals surface area contributed by atoms with Gasteiger partial charge < -0.3 is 33.9 Å². The maximum atomic E-state index is 14.2. The fourth-order valence-corrected chi connectivity index (χ4v) is 5.09. The lowest BCUT2D eigenvalue weighted by molar-refractivity contribution is -0.141. The molecule has 0 fully saturated rings. The predicted molar refractivity (Wildman–Crippen MR) is 172 cm³/mol. The second-order valence-corrected chi connectivity index (χ2v) is 10.3. The zero-order valence-corrected chi connectivity index (χ0v) is 26.4. The summed E-state index contributed by atoms with van der Waals surface area (Å²) in [5.41, 5.74) is 3.27. The molecule has 236 valence electrons. The summed E-state index contributed by atoms with van der Waals surface area (Å²) in [6.07, 6.45) is 0.616. The molecule has 9 heteroatoms. The van der Waals surface area contributed by atoms with Crippen LogP contribution in [-0.4, -0.2) is 58.8 Å². The Hall–Kier alpha value is -5.18. The molecule has 0 aliphatic carbocycles. The Labute approximate surface area is 264 Å². The first-order valence-corrected chi connectivity index (χ1v) is 14.6. The highest BCUT2D eigenvalue weighted by molar-refractivity contribution is 5.89. The smallest absolute Gasteiger partial charge is 0.247 e. The lowest BCUT2D eigenvalue weighted by Gasteiger charge is -2.32. The summed E-state index contributed by atoms with van der Waals surface area (Å²) < 4.78 is 26.9.